The van der Waals surface area contributed by atoms with Gasteiger partial charge in [0.15, 0.2) is 0 Å². The molecule has 4 fully saturated rings. The number of hydrogen-bond acceptors (Lipinski definition) is 2. The first-order chi connectivity index (χ1) is 10.9. The molecule has 8 atom stereocenters. The van der Waals surface area contributed by atoms with E-state index in [0.717, 1.165) is 42.9 Å². The number of fused-ring (bicyclic) bond motifs is 5. The van der Waals surface area contributed by atoms with Crippen LogP contribution >= 0.6 is 0 Å². The van der Waals surface area contributed by atoms with Gasteiger partial charge in [0.2, 0.25) is 0 Å². The molecule has 23 heavy (non-hydrogen) atoms. The molecule has 0 aromatic rings. The lowest BCUT2D eigenvalue weighted by Crippen LogP contribution is -2.58. The topological polar surface area (TPSA) is 26.3 Å². The van der Waals surface area contributed by atoms with Crippen molar-refractivity contribution in [3.05, 3.63) is 0 Å². The molecule has 0 bridgehead atoms. The summed E-state index contributed by atoms with van der Waals surface area (Å²) in [6.07, 6.45) is 10.2. The minimum atomic E-state index is -0.193. The van der Waals surface area contributed by atoms with Gasteiger partial charge in [-0.3, -0.25) is 4.79 Å². The van der Waals surface area contributed by atoms with Gasteiger partial charge in [0.1, 0.15) is 5.78 Å². The minimum Gasteiger partial charge on any atom is -0.380 e. The zero-order valence-electron chi connectivity index (χ0n) is 15.4. The summed E-state index contributed by atoms with van der Waals surface area (Å²) >= 11 is 0. The molecule has 4 aliphatic rings. The maximum Gasteiger partial charge on any atom is 0.141 e. The summed E-state index contributed by atoms with van der Waals surface area (Å²) in [5.41, 5.74) is 0.306. The third kappa shape index (κ3) is 2.06. The number of carbonyl (C=O) groups excluding carboxylic acids is 1. The maximum atomic E-state index is 12.7. The number of methoxy groups -OCH3 is 1. The summed E-state index contributed by atoms with van der Waals surface area (Å²) in [5, 5.41) is 0. The van der Waals surface area contributed by atoms with Gasteiger partial charge < -0.3 is 4.74 Å². The first kappa shape index (κ1) is 16.1. The van der Waals surface area contributed by atoms with Crippen LogP contribution in [0, 0.1) is 40.4 Å². The Labute approximate surface area is 141 Å². The predicted octanol–water partition coefficient (Wildman–Crippen LogP) is 4.86. The molecule has 0 saturated heterocycles. The Bertz CT molecular complexity index is 500. The average Bonchev–Trinajstić information content (AvgIpc) is 2.84. The molecular weight excluding hydrogens is 284 g/mol. The molecule has 0 aliphatic heterocycles. The quantitative estimate of drug-likeness (QED) is 0.690. The van der Waals surface area contributed by atoms with E-state index in [4.69, 9.17) is 4.74 Å². The Hall–Kier alpha value is -0.370. The second-order valence-corrected chi connectivity index (χ2v) is 9.74. The minimum absolute atomic E-state index is 0.152. The van der Waals surface area contributed by atoms with Gasteiger partial charge >= 0.3 is 0 Å². The second-order valence-electron chi connectivity index (χ2n) is 9.74. The maximum absolute atomic E-state index is 12.7. The largest absolute Gasteiger partial charge is 0.380 e. The van der Waals surface area contributed by atoms with Crippen LogP contribution < -0.4 is 0 Å². The first-order valence-electron chi connectivity index (χ1n) is 9.97. The fraction of sp³-hybridized carbons (Fsp3) is 0.952. The summed E-state index contributed by atoms with van der Waals surface area (Å²) in [4.78, 5) is 12.7. The van der Waals surface area contributed by atoms with Gasteiger partial charge in [0.05, 0.1) is 11.5 Å². The van der Waals surface area contributed by atoms with Crippen LogP contribution in [0.4, 0.5) is 0 Å². The Morgan fingerprint density at radius 2 is 1.83 bits per heavy atom. The lowest BCUT2D eigenvalue weighted by Gasteiger charge is -2.61. The van der Waals surface area contributed by atoms with Gasteiger partial charge in [-0.1, -0.05) is 20.3 Å². The van der Waals surface area contributed by atoms with Crippen molar-refractivity contribution >= 4 is 5.78 Å². The number of Topliss-reactive ketones (excluding diaryl/α,β-unsaturated/α-hetero) is 1. The fourth-order valence-corrected chi connectivity index (χ4v) is 7.54. The van der Waals surface area contributed by atoms with Gasteiger partial charge in [0, 0.05) is 13.5 Å². The van der Waals surface area contributed by atoms with Crippen LogP contribution in [0.25, 0.3) is 0 Å². The zero-order chi connectivity index (χ0) is 16.4. The molecule has 0 N–H and O–H groups in total. The van der Waals surface area contributed by atoms with Gasteiger partial charge in [0.25, 0.3) is 0 Å². The molecule has 0 aromatic carbocycles. The standard InChI is InChI=1S/C21H34O2/c1-13-9-10-20(2)14(11-13)5-6-15-16-7-8-18(22)21(16,3)19(23-4)12-17(15)20/h13-17,19H,5-12H2,1-4H3. The molecule has 8 unspecified atom stereocenters. The summed E-state index contributed by atoms with van der Waals surface area (Å²) < 4.78 is 5.95. The van der Waals surface area contributed by atoms with E-state index in [1.807, 2.05) is 7.11 Å². The highest BCUT2D eigenvalue weighted by atomic mass is 16.5. The Morgan fingerprint density at radius 1 is 1.04 bits per heavy atom. The number of ketones is 1. The molecule has 0 aromatic heterocycles. The van der Waals surface area contributed by atoms with Crippen LogP contribution in [0.2, 0.25) is 0 Å². The van der Waals surface area contributed by atoms with Crippen molar-refractivity contribution in [3.63, 3.8) is 0 Å². The molecule has 130 valence electrons. The van der Waals surface area contributed by atoms with Gasteiger partial charge in [-0.15, -0.1) is 0 Å². The van der Waals surface area contributed by atoms with E-state index in [1.165, 1.54) is 32.1 Å². The van der Waals surface area contributed by atoms with E-state index in [0.29, 0.717) is 17.1 Å². The molecule has 0 spiro atoms. The second kappa shape index (κ2) is 5.31. The third-order valence-corrected chi connectivity index (χ3v) is 9.00. The normalized spacial score (nSPS) is 55.9. The van der Waals surface area contributed by atoms with Crippen LogP contribution in [0.15, 0.2) is 0 Å². The van der Waals surface area contributed by atoms with E-state index in [2.05, 4.69) is 20.8 Å². The van der Waals surface area contributed by atoms with E-state index >= 15 is 0 Å². The molecule has 4 aliphatic carbocycles. The number of rotatable bonds is 1. The monoisotopic (exact) mass is 318 g/mol. The van der Waals surface area contributed by atoms with Crippen LogP contribution in [-0.2, 0) is 9.53 Å². The average molecular weight is 319 g/mol. The van der Waals surface area contributed by atoms with Gasteiger partial charge in [-0.25, -0.2) is 0 Å². The predicted molar refractivity (Wildman–Crippen MR) is 92.1 cm³/mol. The molecule has 4 rings (SSSR count). The third-order valence-electron chi connectivity index (χ3n) is 9.00. The van der Waals surface area contributed by atoms with Crippen molar-refractivity contribution in [2.45, 2.75) is 78.2 Å². The smallest absolute Gasteiger partial charge is 0.141 e. The fourth-order valence-electron chi connectivity index (χ4n) is 7.54. The van der Waals surface area contributed by atoms with Gasteiger partial charge in [-0.05, 0) is 80.5 Å². The summed E-state index contributed by atoms with van der Waals surface area (Å²) in [6, 6.07) is 0. The zero-order valence-corrected chi connectivity index (χ0v) is 15.4. The SMILES string of the molecule is COC1CC2C(CCC3CC(C)CCC32C)C2CCC(=O)C12C. The van der Waals surface area contributed by atoms with E-state index in [1.54, 1.807) is 0 Å². The van der Waals surface area contributed by atoms with Crippen LogP contribution in [0.5, 0.6) is 0 Å². The molecule has 0 radical (unpaired) electrons. The van der Waals surface area contributed by atoms with Crippen molar-refractivity contribution in [2.24, 2.45) is 40.4 Å². The molecular formula is C21H34O2. The highest BCUT2D eigenvalue weighted by molar-refractivity contribution is 5.88. The van der Waals surface area contributed by atoms with Crippen molar-refractivity contribution < 1.29 is 9.53 Å². The first-order valence-corrected chi connectivity index (χ1v) is 9.97. The number of hydrogen-bond donors (Lipinski definition) is 0. The van der Waals surface area contributed by atoms with Crippen LogP contribution in [0.3, 0.4) is 0 Å². The Balaban J connectivity index is 1.69. The molecule has 2 nitrogen and oxygen atoms in total. The van der Waals surface area contributed by atoms with Crippen LogP contribution in [-0.4, -0.2) is 19.0 Å². The molecule has 4 saturated carbocycles. The van der Waals surface area contributed by atoms with Crippen molar-refractivity contribution in [1.82, 2.24) is 0 Å². The van der Waals surface area contributed by atoms with E-state index < -0.39 is 0 Å². The highest BCUT2D eigenvalue weighted by Gasteiger charge is 2.63. The lowest BCUT2D eigenvalue weighted by molar-refractivity contribution is -0.172. The Morgan fingerprint density at radius 3 is 2.57 bits per heavy atom. The lowest BCUT2D eigenvalue weighted by atomic mass is 9.44. The van der Waals surface area contributed by atoms with E-state index in [9.17, 15) is 4.79 Å². The van der Waals surface area contributed by atoms with Crippen molar-refractivity contribution in [1.29, 1.82) is 0 Å². The summed E-state index contributed by atoms with van der Waals surface area (Å²) in [7, 11) is 1.84. The summed E-state index contributed by atoms with van der Waals surface area (Å²) in [6.45, 7) is 7.26. The van der Waals surface area contributed by atoms with Crippen molar-refractivity contribution in [3.8, 4) is 0 Å². The Kier molecular flexibility index (Phi) is 3.72. The molecule has 2 heteroatoms. The molecule has 0 amide bonds. The van der Waals surface area contributed by atoms with Gasteiger partial charge in [-0.2, -0.15) is 0 Å². The number of ether oxygens (including phenoxy) is 1. The highest BCUT2D eigenvalue weighted by Crippen LogP contribution is 2.66. The van der Waals surface area contributed by atoms with E-state index in [-0.39, 0.29) is 11.5 Å². The van der Waals surface area contributed by atoms with Crippen molar-refractivity contribution in [2.75, 3.05) is 7.11 Å². The summed E-state index contributed by atoms with van der Waals surface area (Å²) in [5.74, 6) is 4.43. The number of carbonyl (C=O) groups is 1. The molecule has 0 heterocycles. The van der Waals surface area contributed by atoms with Crippen LogP contribution in [0.1, 0.15) is 72.1 Å².